The number of rotatable bonds is 2. The number of aliphatic hydroxyl groups is 1. The van der Waals surface area contributed by atoms with Crippen LogP contribution in [0.5, 0.6) is 0 Å². The van der Waals surface area contributed by atoms with Crippen molar-refractivity contribution >= 4 is 43.5 Å². The monoisotopic (exact) mass is 376 g/mol. The summed E-state index contributed by atoms with van der Waals surface area (Å²) in [7, 11) is 0. The Morgan fingerprint density at radius 2 is 1.31 bits per heavy atom. The molecule has 1 N–H and O–H groups in total. The molecule has 29 heavy (non-hydrogen) atoms. The molecule has 140 valence electrons. The van der Waals surface area contributed by atoms with Gasteiger partial charge in [-0.25, -0.2) is 0 Å². The molecular weight excluding hydrogens is 356 g/mol. The van der Waals surface area contributed by atoms with Crippen molar-refractivity contribution in [2.24, 2.45) is 0 Å². The summed E-state index contributed by atoms with van der Waals surface area (Å²) in [6, 6.07) is 27.3. The molecule has 6 rings (SSSR count). The second-order valence-corrected chi connectivity index (χ2v) is 8.32. The Morgan fingerprint density at radius 3 is 2.00 bits per heavy atom. The molecule has 0 saturated heterocycles. The molecule has 0 radical (unpaired) electrons. The number of hydrogen-bond acceptors (Lipinski definition) is 2. The van der Waals surface area contributed by atoms with E-state index in [0.29, 0.717) is 0 Å². The first-order valence-electron chi connectivity index (χ1n) is 9.94. The third-order valence-corrected chi connectivity index (χ3v) is 6.02. The van der Waals surface area contributed by atoms with Crippen molar-refractivity contribution in [2.75, 3.05) is 0 Å². The average molecular weight is 376 g/mol. The van der Waals surface area contributed by atoms with Gasteiger partial charge >= 0.3 is 0 Å². The first kappa shape index (κ1) is 16.6. The highest BCUT2D eigenvalue weighted by Crippen LogP contribution is 2.43. The van der Waals surface area contributed by atoms with E-state index in [-0.39, 0.29) is 0 Å². The van der Waals surface area contributed by atoms with E-state index >= 15 is 0 Å². The Hall–Kier alpha value is -3.36. The van der Waals surface area contributed by atoms with E-state index < -0.39 is 5.60 Å². The van der Waals surface area contributed by atoms with Gasteiger partial charge in [-0.2, -0.15) is 0 Å². The SMILES string of the molecule is CC(C)(O)c1ccccc1-c1ccc2c(c1)c1cccc3oc4cccc2c4c31. The van der Waals surface area contributed by atoms with E-state index in [9.17, 15) is 5.11 Å². The molecule has 0 fully saturated rings. The highest BCUT2D eigenvalue weighted by atomic mass is 16.3. The minimum absolute atomic E-state index is 0.907. The summed E-state index contributed by atoms with van der Waals surface area (Å²) >= 11 is 0. The molecule has 0 bridgehead atoms. The van der Waals surface area contributed by atoms with Gasteiger partial charge in [0.15, 0.2) is 0 Å². The van der Waals surface area contributed by atoms with Gasteiger partial charge in [-0.15, -0.1) is 0 Å². The molecule has 1 aromatic heterocycles. The molecule has 0 atom stereocenters. The van der Waals surface area contributed by atoms with Crippen LogP contribution in [0.1, 0.15) is 19.4 Å². The smallest absolute Gasteiger partial charge is 0.136 e. The minimum Gasteiger partial charge on any atom is -0.456 e. The zero-order valence-corrected chi connectivity index (χ0v) is 16.4. The van der Waals surface area contributed by atoms with Crippen LogP contribution in [0.3, 0.4) is 0 Å². The third kappa shape index (κ3) is 2.27. The molecule has 1 heterocycles. The van der Waals surface area contributed by atoms with Gasteiger partial charge in [-0.05, 0) is 70.3 Å². The van der Waals surface area contributed by atoms with Crippen molar-refractivity contribution < 1.29 is 9.52 Å². The molecule has 0 aliphatic rings. The van der Waals surface area contributed by atoms with E-state index in [1.54, 1.807) is 0 Å². The Kier molecular flexibility index (Phi) is 3.20. The fourth-order valence-electron chi connectivity index (χ4n) is 4.75. The molecule has 0 saturated carbocycles. The lowest BCUT2D eigenvalue weighted by Crippen LogP contribution is -2.16. The molecular formula is C27H20O2. The normalized spacial score (nSPS) is 12.7. The predicted molar refractivity (Wildman–Crippen MR) is 121 cm³/mol. The Bertz CT molecular complexity index is 1530. The van der Waals surface area contributed by atoms with E-state index in [2.05, 4.69) is 48.5 Å². The molecule has 0 amide bonds. The molecule has 2 nitrogen and oxygen atoms in total. The summed E-state index contributed by atoms with van der Waals surface area (Å²) in [5, 5.41) is 17.9. The third-order valence-electron chi connectivity index (χ3n) is 6.02. The fourth-order valence-corrected chi connectivity index (χ4v) is 4.75. The van der Waals surface area contributed by atoms with Gasteiger partial charge in [0.2, 0.25) is 0 Å². The summed E-state index contributed by atoms with van der Waals surface area (Å²) in [4.78, 5) is 0. The van der Waals surface area contributed by atoms with Crippen molar-refractivity contribution in [1.82, 2.24) is 0 Å². The van der Waals surface area contributed by atoms with Crippen LogP contribution in [0.25, 0.3) is 54.6 Å². The van der Waals surface area contributed by atoms with Crippen molar-refractivity contribution in [3.05, 3.63) is 84.4 Å². The molecule has 0 unspecified atom stereocenters. The zero-order chi connectivity index (χ0) is 19.8. The van der Waals surface area contributed by atoms with Gasteiger partial charge in [0.25, 0.3) is 0 Å². The van der Waals surface area contributed by atoms with E-state index in [4.69, 9.17) is 4.42 Å². The van der Waals surface area contributed by atoms with Crippen LogP contribution >= 0.6 is 0 Å². The first-order valence-corrected chi connectivity index (χ1v) is 9.94. The molecule has 6 aromatic rings. The van der Waals surface area contributed by atoms with Crippen molar-refractivity contribution in [3.63, 3.8) is 0 Å². The molecule has 2 heteroatoms. The number of furan rings is 1. The van der Waals surface area contributed by atoms with E-state index in [0.717, 1.165) is 27.9 Å². The van der Waals surface area contributed by atoms with Crippen molar-refractivity contribution in [1.29, 1.82) is 0 Å². The summed E-state index contributed by atoms with van der Waals surface area (Å²) in [6.45, 7) is 3.67. The molecule has 0 aliphatic heterocycles. The lowest BCUT2D eigenvalue weighted by molar-refractivity contribution is 0.0792. The quantitative estimate of drug-likeness (QED) is 0.324. The standard InChI is InChI=1S/C27H20O2/c1-27(2,28)22-10-4-3-7-17(22)16-13-14-18-19-8-5-11-23-25(19)26-20(21(18)15-16)9-6-12-24(26)29-23/h3-15,28H,1-2H3. The predicted octanol–water partition coefficient (Wildman–Crippen LogP) is 7.22. The fraction of sp³-hybridized carbons (Fsp3) is 0.111. The summed E-state index contributed by atoms with van der Waals surface area (Å²) in [5.74, 6) is 0. The summed E-state index contributed by atoms with van der Waals surface area (Å²) in [5.41, 5.74) is 4.06. The highest BCUT2D eigenvalue weighted by molar-refractivity contribution is 6.33. The topological polar surface area (TPSA) is 33.4 Å². The van der Waals surface area contributed by atoms with E-state index in [1.807, 2.05) is 44.2 Å². The maximum Gasteiger partial charge on any atom is 0.136 e. The van der Waals surface area contributed by atoms with Crippen LogP contribution in [0.2, 0.25) is 0 Å². The average Bonchev–Trinajstić information content (AvgIpc) is 3.12. The minimum atomic E-state index is -0.907. The van der Waals surface area contributed by atoms with Gasteiger partial charge < -0.3 is 9.52 Å². The van der Waals surface area contributed by atoms with Gasteiger partial charge in [-0.1, -0.05) is 60.7 Å². The van der Waals surface area contributed by atoms with Crippen LogP contribution in [-0.4, -0.2) is 5.11 Å². The summed E-state index contributed by atoms with van der Waals surface area (Å²) < 4.78 is 6.13. The summed E-state index contributed by atoms with van der Waals surface area (Å²) in [6.07, 6.45) is 0. The number of hydrogen-bond donors (Lipinski definition) is 1. The van der Waals surface area contributed by atoms with Crippen molar-refractivity contribution in [3.8, 4) is 11.1 Å². The lowest BCUT2D eigenvalue weighted by atomic mass is 9.87. The van der Waals surface area contributed by atoms with Gasteiger partial charge in [0.1, 0.15) is 11.2 Å². The Balaban J connectivity index is 1.76. The van der Waals surface area contributed by atoms with Crippen LogP contribution in [0, 0.1) is 0 Å². The zero-order valence-electron chi connectivity index (χ0n) is 16.4. The maximum absolute atomic E-state index is 10.7. The Labute approximate surface area is 168 Å². The molecule has 0 aliphatic carbocycles. The van der Waals surface area contributed by atoms with Gasteiger partial charge in [-0.3, -0.25) is 0 Å². The van der Waals surface area contributed by atoms with Gasteiger partial charge in [0, 0.05) is 10.8 Å². The second-order valence-electron chi connectivity index (χ2n) is 8.32. The maximum atomic E-state index is 10.7. The van der Waals surface area contributed by atoms with Crippen LogP contribution < -0.4 is 0 Å². The van der Waals surface area contributed by atoms with Crippen LogP contribution in [0.15, 0.2) is 83.3 Å². The largest absolute Gasteiger partial charge is 0.456 e. The van der Waals surface area contributed by atoms with Crippen LogP contribution in [-0.2, 0) is 5.60 Å². The van der Waals surface area contributed by atoms with Gasteiger partial charge in [0.05, 0.1) is 5.60 Å². The number of fused-ring (bicyclic) bond motifs is 3. The first-order chi connectivity index (χ1) is 14.0. The lowest BCUT2D eigenvalue weighted by Gasteiger charge is -2.22. The molecule has 5 aromatic carbocycles. The molecule has 0 spiro atoms. The van der Waals surface area contributed by atoms with E-state index in [1.165, 1.54) is 32.3 Å². The van der Waals surface area contributed by atoms with Crippen LogP contribution in [0.4, 0.5) is 0 Å². The Morgan fingerprint density at radius 1 is 0.655 bits per heavy atom. The highest BCUT2D eigenvalue weighted by Gasteiger charge is 2.21. The number of benzene rings is 5. The van der Waals surface area contributed by atoms with Crippen molar-refractivity contribution in [2.45, 2.75) is 19.4 Å². The second kappa shape index (κ2) is 5.59.